The van der Waals surface area contributed by atoms with Crippen LogP contribution < -0.4 is 5.32 Å². The topological polar surface area (TPSA) is 28.4 Å². The molecular formula is C18H26N2O. The van der Waals surface area contributed by atoms with Crippen molar-refractivity contribution in [3.63, 3.8) is 0 Å². The van der Waals surface area contributed by atoms with Crippen LogP contribution in [0, 0.1) is 12.8 Å². The first-order valence-corrected chi connectivity index (χ1v) is 8.05. The van der Waals surface area contributed by atoms with Gasteiger partial charge in [-0.1, -0.05) is 18.2 Å². The SMILES string of the molecule is Cc1c(C(C)NCC2CCCN(C)C2)oc2ccccc12. The van der Waals surface area contributed by atoms with Crippen LogP contribution >= 0.6 is 0 Å². The summed E-state index contributed by atoms with van der Waals surface area (Å²) >= 11 is 0. The molecular weight excluding hydrogens is 260 g/mol. The minimum Gasteiger partial charge on any atom is -0.459 e. The molecule has 3 rings (SSSR count). The summed E-state index contributed by atoms with van der Waals surface area (Å²) in [5, 5.41) is 4.91. The molecule has 0 bridgehead atoms. The van der Waals surface area contributed by atoms with Gasteiger partial charge in [0.1, 0.15) is 11.3 Å². The van der Waals surface area contributed by atoms with Gasteiger partial charge in [0.15, 0.2) is 0 Å². The van der Waals surface area contributed by atoms with Gasteiger partial charge in [0.05, 0.1) is 6.04 Å². The van der Waals surface area contributed by atoms with E-state index in [1.54, 1.807) is 0 Å². The van der Waals surface area contributed by atoms with Gasteiger partial charge in [0.25, 0.3) is 0 Å². The summed E-state index contributed by atoms with van der Waals surface area (Å²) in [7, 11) is 2.22. The Morgan fingerprint density at radius 2 is 2.19 bits per heavy atom. The number of rotatable bonds is 4. The van der Waals surface area contributed by atoms with E-state index in [0.29, 0.717) is 0 Å². The molecule has 2 unspecified atom stereocenters. The Morgan fingerprint density at radius 1 is 1.38 bits per heavy atom. The van der Waals surface area contributed by atoms with Gasteiger partial charge in [0, 0.05) is 11.9 Å². The Hall–Kier alpha value is -1.32. The van der Waals surface area contributed by atoms with Crippen LogP contribution in [0.25, 0.3) is 11.0 Å². The third kappa shape index (κ3) is 3.14. The summed E-state index contributed by atoms with van der Waals surface area (Å²) in [6.07, 6.45) is 2.66. The monoisotopic (exact) mass is 286 g/mol. The number of furan rings is 1. The van der Waals surface area contributed by atoms with Gasteiger partial charge in [-0.15, -0.1) is 0 Å². The van der Waals surface area contributed by atoms with Crippen LogP contribution in [0.15, 0.2) is 28.7 Å². The summed E-state index contributed by atoms with van der Waals surface area (Å²) in [5.74, 6) is 1.84. The minimum atomic E-state index is 0.268. The smallest absolute Gasteiger partial charge is 0.134 e. The molecule has 0 aliphatic carbocycles. The predicted octanol–water partition coefficient (Wildman–Crippen LogP) is 3.73. The molecule has 3 nitrogen and oxygen atoms in total. The largest absolute Gasteiger partial charge is 0.459 e. The van der Waals surface area contributed by atoms with Gasteiger partial charge in [0.2, 0.25) is 0 Å². The zero-order chi connectivity index (χ0) is 14.8. The Balaban J connectivity index is 1.66. The summed E-state index contributed by atoms with van der Waals surface area (Å²) < 4.78 is 6.05. The lowest BCUT2D eigenvalue weighted by atomic mass is 9.98. The second kappa shape index (κ2) is 6.20. The Bertz CT molecular complexity index is 604. The summed E-state index contributed by atoms with van der Waals surface area (Å²) in [6.45, 7) is 7.89. The molecule has 21 heavy (non-hydrogen) atoms. The molecule has 114 valence electrons. The molecule has 1 aromatic heterocycles. The first-order chi connectivity index (χ1) is 10.1. The number of nitrogens with one attached hydrogen (secondary N) is 1. The Morgan fingerprint density at radius 3 is 2.95 bits per heavy atom. The number of fused-ring (bicyclic) bond motifs is 1. The van der Waals surface area contributed by atoms with Crippen LogP contribution in [0.3, 0.4) is 0 Å². The summed E-state index contributed by atoms with van der Waals surface area (Å²) in [5.41, 5.74) is 2.27. The first kappa shape index (κ1) is 14.6. The molecule has 1 aliphatic heterocycles. The van der Waals surface area contributed by atoms with Crippen molar-refractivity contribution in [3.8, 4) is 0 Å². The van der Waals surface area contributed by atoms with Crippen molar-refractivity contribution in [1.82, 2.24) is 10.2 Å². The Labute approximate surface area is 127 Å². The number of aryl methyl sites for hydroxylation is 1. The maximum Gasteiger partial charge on any atom is 0.134 e. The highest BCUT2D eigenvalue weighted by Crippen LogP contribution is 2.29. The average Bonchev–Trinajstić information content (AvgIpc) is 2.83. The van der Waals surface area contributed by atoms with Gasteiger partial charge in [-0.05, 0) is 64.4 Å². The normalized spacial score (nSPS) is 21.8. The molecule has 0 amide bonds. The summed E-state index contributed by atoms with van der Waals surface area (Å²) in [6, 6.07) is 8.56. The van der Waals surface area contributed by atoms with E-state index >= 15 is 0 Å². The van der Waals surface area contributed by atoms with Crippen molar-refractivity contribution in [2.75, 3.05) is 26.7 Å². The van der Waals surface area contributed by atoms with E-state index in [1.807, 2.05) is 6.07 Å². The molecule has 2 aromatic rings. The van der Waals surface area contributed by atoms with Crippen molar-refractivity contribution >= 4 is 11.0 Å². The number of para-hydroxylation sites is 1. The van der Waals surface area contributed by atoms with E-state index in [2.05, 4.69) is 49.3 Å². The van der Waals surface area contributed by atoms with Crippen molar-refractivity contribution in [1.29, 1.82) is 0 Å². The van der Waals surface area contributed by atoms with Crippen LogP contribution in [0.4, 0.5) is 0 Å². The minimum absolute atomic E-state index is 0.268. The highest BCUT2D eigenvalue weighted by Gasteiger charge is 2.20. The first-order valence-electron chi connectivity index (χ1n) is 8.05. The fourth-order valence-electron chi connectivity index (χ4n) is 3.48. The number of nitrogens with zero attached hydrogens (tertiary/aromatic N) is 1. The molecule has 0 radical (unpaired) electrons. The van der Waals surface area contributed by atoms with Gasteiger partial charge >= 0.3 is 0 Å². The highest BCUT2D eigenvalue weighted by molar-refractivity contribution is 5.82. The van der Waals surface area contributed by atoms with Crippen molar-refractivity contribution in [2.45, 2.75) is 32.7 Å². The maximum atomic E-state index is 6.05. The second-order valence-electron chi connectivity index (χ2n) is 6.49. The van der Waals surface area contributed by atoms with Crippen LogP contribution in [0.5, 0.6) is 0 Å². The number of hydrogen-bond acceptors (Lipinski definition) is 3. The lowest BCUT2D eigenvalue weighted by molar-refractivity contribution is 0.202. The molecule has 0 spiro atoms. The van der Waals surface area contributed by atoms with Crippen LogP contribution in [-0.4, -0.2) is 31.6 Å². The van der Waals surface area contributed by atoms with Gasteiger partial charge < -0.3 is 14.6 Å². The third-order valence-corrected chi connectivity index (χ3v) is 4.71. The molecule has 1 fully saturated rings. The molecule has 2 atom stereocenters. The third-order valence-electron chi connectivity index (χ3n) is 4.71. The van der Waals surface area contributed by atoms with Crippen molar-refractivity contribution < 1.29 is 4.42 Å². The quantitative estimate of drug-likeness (QED) is 0.928. The van der Waals surface area contributed by atoms with E-state index in [0.717, 1.165) is 23.8 Å². The zero-order valence-corrected chi connectivity index (χ0v) is 13.4. The summed E-state index contributed by atoms with van der Waals surface area (Å²) in [4.78, 5) is 2.44. The number of benzene rings is 1. The maximum absolute atomic E-state index is 6.05. The zero-order valence-electron chi connectivity index (χ0n) is 13.4. The molecule has 2 heterocycles. The molecule has 3 heteroatoms. The fraction of sp³-hybridized carbons (Fsp3) is 0.556. The van der Waals surface area contributed by atoms with Gasteiger partial charge in [-0.3, -0.25) is 0 Å². The Kier molecular flexibility index (Phi) is 4.32. The highest BCUT2D eigenvalue weighted by atomic mass is 16.3. The number of likely N-dealkylation sites (tertiary alicyclic amines) is 1. The second-order valence-corrected chi connectivity index (χ2v) is 6.49. The van der Waals surface area contributed by atoms with E-state index in [1.165, 1.54) is 36.9 Å². The van der Waals surface area contributed by atoms with E-state index < -0.39 is 0 Å². The van der Waals surface area contributed by atoms with E-state index in [-0.39, 0.29) is 6.04 Å². The molecule has 1 N–H and O–H groups in total. The standard InChI is InChI=1S/C18H26N2O/c1-13-16-8-4-5-9-17(16)21-18(13)14(2)19-11-15-7-6-10-20(3)12-15/h4-5,8-9,14-15,19H,6-7,10-12H2,1-3H3. The van der Waals surface area contributed by atoms with Crippen molar-refractivity contribution in [2.24, 2.45) is 5.92 Å². The lowest BCUT2D eigenvalue weighted by Gasteiger charge is -2.30. The molecule has 0 saturated carbocycles. The van der Waals surface area contributed by atoms with Gasteiger partial charge in [-0.25, -0.2) is 0 Å². The molecule has 1 aromatic carbocycles. The van der Waals surface area contributed by atoms with Crippen molar-refractivity contribution in [3.05, 3.63) is 35.6 Å². The fourth-order valence-corrected chi connectivity index (χ4v) is 3.48. The van der Waals surface area contributed by atoms with E-state index in [4.69, 9.17) is 4.42 Å². The van der Waals surface area contributed by atoms with Crippen LogP contribution in [0.1, 0.15) is 37.1 Å². The average molecular weight is 286 g/mol. The number of piperidine rings is 1. The predicted molar refractivity (Wildman–Crippen MR) is 87.6 cm³/mol. The number of hydrogen-bond donors (Lipinski definition) is 1. The van der Waals surface area contributed by atoms with Crippen LogP contribution in [0.2, 0.25) is 0 Å². The molecule has 1 aliphatic rings. The van der Waals surface area contributed by atoms with Gasteiger partial charge in [-0.2, -0.15) is 0 Å². The molecule has 1 saturated heterocycles. The van der Waals surface area contributed by atoms with E-state index in [9.17, 15) is 0 Å². The van der Waals surface area contributed by atoms with Crippen LogP contribution in [-0.2, 0) is 0 Å². The lowest BCUT2D eigenvalue weighted by Crippen LogP contribution is -2.38.